The minimum atomic E-state index is 1.10. The summed E-state index contributed by atoms with van der Waals surface area (Å²) in [6, 6.07) is 95.1. The molecule has 0 amide bonds. The number of aromatic nitrogens is 3. The molecule has 0 aliphatic rings. The fraction of sp³-hybridized carbons (Fsp3) is 0. The van der Waals surface area contributed by atoms with E-state index in [1.165, 1.54) is 81.7 Å². The SMILES string of the molecule is c1ccc(N(c2ccc3c(c2)c2ccccc2n3-c2ccccc2)c2cccc3c2c2cccc4c5c(N(c6ccccc6)c6ccc7c(c6)c6ccccc6n7-c6ccccc6)cccc5n3c24)cc1. The van der Waals surface area contributed by atoms with Gasteiger partial charge in [0.1, 0.15) is 0 Å². The summed E-state index contributed by atoms with van der Waals surface area (Å²) in [6.45, 7) is 0. The Morgan fingerprint density at radius 2 is 0.592 bits per heavy atom. The van der Waals surface area contributed by atoms with E-state index in [-0.39, 0.29) is 0 Å². The first-order valence-corrected chi connectivity index (χ1v) is 24.4. The number of hydrogen-bond acceptors (Lipinski definition) is 2. The molecule has 0 radical (unpaired) electrons. The van der Waals surface area contributed by atoms with E-state index in [4.69, 9.17) is 0 Å². The van der Waals surface area contributed by atoms with Gasteiger partial charge in [-0.25, -0.2) is 0 Å². The van der Waals surface area contributed by atoms with Crippen LogP contribution in [0.4, 0.5) is 34.1 Å². The number of para-hydroxylation sites is 7. The lowest BCUT2D eigenvalue weighted by Gasteiger charge is -2.27. The number of rotatable bonds is 8. The Hall–Kier alpha value is -9.58. The van der Waals surface area contributed by atoms with Gasteiger partial charge < -0.3 is 23.3 Å². The minimum Gasteiger partial charge on any atom is -0.310 e. The molecule has 4 aromatic heterocycles. The molecular weight excluding hydrogens is 863 g/mol. The van der Waals surface area contributed by atoms with E-state index in [0.717, 1.165) is 45.5 Å². The molecule has 0 aliphatic heterocycles. The van der Waals surface area contributed by atoms with E-state index in [1.54, 1.807) is 0 Å². The van der Waals surface area contributed by atoms with Gasteiger partial charge in [0.05, 0.1) is 50.0 Å². The molecule has 0 spiro atoms. The Morgan fingerprint density at radius 3 is 1.04 bits per heavy atom. The monoisotopic (exact) mass is 905 g/mol. The third-order valence-electron chi connectivity index (χ3n) is 14.7. The van der Waals surface area contributed by atoms with Crippen molar-refractivity contribution < 1.29 is 0 Å². The van der Waals surface area contributed by atoms with Gasteiger partial charge >= 0.3 is 0 Å². The average molecular weight is 906 g/mol. The first-order valence-electron chi connectivity index (χ1n) is 24.4. The fourth-order valence-electron chi connectivity index (χ4n) is 11.8. The second kappa shape index (κ2) is 15.5. The highest BCUT2D eigenvalue weighted by Gasteiger charge is 2.27. The van der Waals surface area contributed by atoms with Gasteiger partial charge in [0.2, 0.25) is 0 Å². The molecule has 332 valence electrons. The molecule has 4 heterocycles. The van der Waals surface area contributed by atoms with Crippen molar-refractivity contribution in [1.82, 2.24) is 13.5 Å². The van der Waals surface area contributed by atoms with Gasteiger partial charge in [0.15, 0.2) is 0 Å². The van der Waals surface area contributed by atoms with Crippen molar-refractivity contribution in [2.24, 2.45) is 0 Å². The molecule has 0 bridgehead atoms. The van der Waals surface area contributed by atoms with Gasteiger partial charge in [-0.15, -0.1) is 0 Å². The fourth-order valence-corrected chi connectivity index (χ4v) is 11.8. The lowest BCUT2D eigenvalue weighted by atomic mass is 10.0. The van der Waals surface area contributed by atoms with Gasteiger partial charge in [-0.05, 0) is 121 Å². The summed E-state index contributed by atoms with van der Waals surface area (Å²) in [6.07, 6.45) is 0. The third kappa shape index (κ3) is 5.81. The van der Waals surface area contributed by atoms with Crippen LogP contribution in [0.1, 0.15) is 0 Å². The van der Waals surface area contributed by atoms with E-state index < -0.39 is 0 Å². The molecular formula is C66H43N5. The van der Waals surface area contributed by atoms with Crippen LogP contribution in [0.2, 0.25) is 0 Å². The molecule has 5 nitrogen and oxygen atoms in total. The van der Waals surface area contributed by atoms with Crippen LogP contribution in [0.15, 0.2) is 261 Å². The highest BCUT2D eigenvalue weighted by atomic mass is 15.2. The molecule has 0 unspecified atom stereocenters. The van der Waals surface area contributed by atoms with Crippen LogP contribution in [0.3, 0.4) is 0 Å². The third-order valence-corrected chi connectivity index (χ3v) is 14.7. The van der Waals surface area contributed by atoms with Crippen LogP contribution < -0.4 is 9.80 Å². The Balaban J connectivity index is 0.953. The van der Waals surface area contributed by atoms with Crippen LogP contribution in [-0.2, 0) is 0 Å². The zero-order valence-electron chi connectivity index (χ0n) is 38.6. The summed E-state index contributed by atoms with van der Waals surface area (Å²) < 4.78 is 7.29. The second-order valence-electron chi connectivity index (χ2n) is 18.5. The quantitative estimate of drug-likeness (QED) is 0.151. The highest BCUT2D eigenvalue weighted by molar-refractivity contribution is 6.29. The zero-order valence-corrected chi connectivity index (χ0v) is 38.6. The van der Waals surface area contributed by atoms with Crippen molar-refractivity contribution in [3.05, 3.63) is 261 Å². The van der Waals surface area contributed by atoms with Crippen molar-refractivity contribution in [2.75, 3.05) is 9.80 Å². The summed E-state index contributed by atoms with van der Waals surface area (Å²) in [5.74, 6) is 0. The van der Waals surface area contributed by atoms with Crippen LogP contribution in [-0.4, -0.2) is 13.5 Å². The number of fused-ring (bicyclic) bond motifs is 12. The summed E-state index contributed by atoms with van der Waals surface area (Å²) in [7, 11) is 0. The van der Waals surface area contributed by atoms with Crippen molar-refractivity contribution in [3.63, 3.8) is 0 Å². The van der Waals surface area contributed by atoms with Crippen LogP contribution in [0, 0.1) is 0 Å². The van der Waals surface area contributed by atoms with E-state index >= 15 is 0 Å². The molecule has 15 aromatic rings. The maximum Gasteiger partial charge on any atom is 0.0622 e. The Labute approximate surface area is 409 Å². The lowest BCUT2D eigenvalue weighted by Crippen LogP contribution is -2.10. The summed E-state index contributed by atoms with van der Waals surface area (Å²) >= 11 is 0. The smallest absolute Gasteiger partial charge is 0.0622 e. The largest absolute Gasteiger partial charge is 0.310 e. The molecule has 0 saturated carbocycles. The molecule has 0 aliphatic carbocycles. The molecule has 0 saturated heterocycles. The number of benzene rings is 11. The first kappa shape index (κ1) is 39.4. The Bertz CT molecular complexity index is 4230. The van der Waals surface area contributed by atoms with Gasteiger partial charge in [-0.1, -0.05) is 140 Å². The van der Waals surface area contributed by atoms with E-state index in [0.29, 0.717) is 0 Å². The molecule has 0 N–H and O–H groups in total. The molecule has 11 aromatic carbocycles. The predicted octanol–water partition coefficient (Wildman–Crippen LogP) is 18.0. The highest BCUT2D eigenvalue weighted by Crippen LogP contribution is 2.50. The summed E-state index contributed by atoms with van der Waals surface area (Å²) in [4.78, 5) is 4.90. The topological polar surface area (TPSA) is 20.8 Å². The molecule has 0 fully saturated rings. The first-order chi connectivity index (χ1) is 35.3. The maximum atomic E-state index is 2.52. The Morgan fingerprint density at radius 1 is 0.239 bits per heavy atom. The van der Waals surface area contributed by atoms with Crippen molar-refractivity contribution in [1.29, 1.82) is 0 Å². The number of nitrogens with zero attached hydrogens (tertiary/aromatic N) is 5. The maximum absolute atomic E-state index is 2.52. The second-order valence-corrected chi connectivity index (χ2v) is 18.5. The minimum absolute atomic E-state index is 1.10. The predicted molar refractivity (Wildman–Crippen MR) is 299 cm³/mol. The van der Waals surface area contributed by atoms with Crippen molar-refractivity contribution in [3.8, 4) is 11.4 Å². The van der Waals surface area contributed by atoms with Gasteiger partial charge in [-0.2, -0.15) is 0 Å². The van der Waals surface area contributed by atoms with Gasteiger partial charge in [-0.3, -0.25) is 0 Å². The van der Waals surface area contributed by atoms with Crippen LogP contribution >= 0.6 is 0 Å². The lowest BCUT2D eigenvalue weighted by molar-refractivity contribution is 1.18. The van der Waals surface area contributed by atoms with Crippen LogP contribution in [0.5, 0.6) is 0 Å². The van der Waals surface area contributed by atoms with Crippen LogP contribution in [0.25, 0.3) is 93.1 Å². The van der Waals surface area contributed by atoms with E-state index in [2.05, 4.69) is 284 Å². The molecule has 71 heavy (non-hydrogen) atoms. The zero-order chi connectivity index (χ0) is 46.6. The molecule has 15 rings (SSSR count). The summed E-state index contributed by atoms with van der Waals surface area (Å²) in [5, 5.41) is 9.76. The Kier molecular flexibility index (Phi) is 8.59. The number of hydrogen-bond donors (Lipinski definition) is 0. The molecule has 5 heteroatoms. The van der Waals surface area contributed by atoms with Crippen molar-refractivity contribution >= 4 is 116 Å². The summed E-state index contributed by atoms with van der Waals surface area (Å²) in [5.41, 5.74) is 17.3. The number of anilines is 6. The normalized spacial score (nSPS) is 11.9. The average Bonchev–Trinajstić information content (AvgIpc) is 4.17. The van der Waals surface area contributed by atoms with Gasteiger partial charge in [0.25, 0.3) is 0 Å². The van der Waals surface area contributed by atoms with Gasteiger partial charge in [0, 0.05) is 77.2 Å². The van der Waals surface area contributed by atoms with E-state index in [1.807, 2.05) is 0 Å². The van der Waals surface area contributed by atoms with E-state index in [9.17, 15) is 0 Å². The standard InChI is InChI=1S/C66H43N5/c1-5-20-44(21-6-1)67(48-38-40-58-54(42-48)50-28-13-15-32-56(50)69(58)46-24-9-3-10-25-46)60-34-18-36-62-64(60)52-30-17-31-53-65-61(35-19-37-63(65)71(62)66(52)53)68(45-22-7-2-8-23-45)49-39-41-59-55(43-49)51-29-14-16-33-57(51)70(59)47-26-11-4-12-27-47/h1-43H. The molecule has 0 atom stereocenters. The van der Waals surface area contributed by atoms with Crippen molar-refractivity contribution in [2.45, 2.75) is 0 Å².